The Labute approximate surface area is 159 Å². The number of para-hydroxylation sites is 1. The van der Waals surface area contributed by atoms with Gasteiger partial charge in [0.25, 0.3) is 0 Å². The molecular formula is C22H25N3O2. The molecule has 0 radical (unpaired) electrons. The molecule has 1 saturated heterocycles. The van der Waals surface area contributed by atoms with Crippen LogP contribution in [0.4, 0.5) is 0 Å². The highest BCUT2D eigenvalue weighted by molar-refractivity contribution is 5.84. The molecule has 1 aliphatic rings. The summed E-state index contributed by atoms with van der Waals surface area (Å²) in [6.45, 7) is 2.69. The topological polar surface area (TPSA) is 66.2 Å². The average Bonchev–Trinajstić information content (AvgIpc) is 3.14. The van der Waals surface area contributed by atoms with Crippen molar-refractivity contribution in [3.63, 3.8) is 0 Å². The lowest BCUT2D eigenvalue weighted by Gasteiger charge is -2.24. The molecule has 1 amide bonds. The van der Waals surface area contributed by atoms with Gasteiger partial charge in [-0.25, -0.2) is 0 Å². The Hall–Kier alpha value is -2.63. The summed E-state index contributed by atoms with van der Waals surface area (Å²) in [5, 5.41) is 7.66. The van der Waals surface area contributed by atoms with Crippen molar-refractivity contribution in [1.29, 1.82) is 0 Å². The summed E-state index contributed by atoms with van der Waals surface area (Å²) in [6.07, 6.45) is 2.50. The first-order valence-electron chi connectivity index (χ1n) is 9.50. The number of carbonyl (C=O) groups is 1. The van der Waals surface area contributed by atoms with E-state index in [4.69, 9.17) is 4.74 Å². The second-order valence-corrected chi connectivity index (χ2v) is 6.99. The number of benzene rings is 2. The van der Waals surface area contributed by atoms with Crippen molar-refractivity contribution >= 4 is 16.8 Å². The molecule has 0 saturated carbocycles. The van der Waals surface area contributed by atoms with Crippen molar-refractivity contribution in [2.24, 2.45) is 0 Å². The van der Waals surface area contributed by atoms with Crippen LogP contribution in [0.15, 0.2) is 60.8 Å². The third-order valence-electron chi connectivity index (χ3n) is 5.13. The number of morpholine rings is 1. The van der Waals surface area contributed by atoms with Crippen molar-refractivity contribution in [1.82, 2.24) is 15.6 Å². The van der Waals surface area contributed by atoms with Crippen molar-refractivity contribution in [3.8, 4) is 0 Å². The van der Waals surface area contributed by atoms with Gasteiger partial charge in [-0.3, -0.25) is 4.79 Å². The molecule has 4 rings (SSSR count). The highest BCUT2D eigenvalue weighted by Gasteiger charge is 2.21. The summed E-state index contributed by atoms with van der Waals surface area (Å²) in [4.78, 5) is 15.8. The van der Waals surface area contributed by atoms with Gasteiger partial charge in [0.1, 0.15) is 0 Å². The Bertz CT molecular complexity index is 885. The number of fused-ring (bicyclic) bond motifs is 1. The van der Waals surface area contributed by atoms with Crippen molar-refractivity contribution in [3.05, 3.63) is 71.9 Å². The maximum Gasteiger partial charge on any atom is 0.221 e. The summed E-state index contributed by atoms with van der Waals surface area (Å²) in [7, 11) is 0. The zero-order chi connectivity index (χ0) is 18.5. The number of amides is 1. The Morgan fingerprint density at radius 1 is 1.15 bits per heavy atom. The molecule has 3 aromatic rings. The Morgan fingerprint density at radius 3 is 2.78 bits per heavy atom. The number of carbonyl (C=O) groups excluding carboxylic acids is 1. The van der Waals surface area contributed by atoms with Crippen LogP contribution in [0.1, 0.15) is 23.5 Å². The minimum atomic E-state index is 0.0544. The van der Waals surface area contributed by atoms with Crippen LogP contribution in [0.2, 0.25) is 0 Å². The molecule has 5 heteroatoms. The molecule has 140 valence electrons. The van der Waals surface area contributed by atoms with E-state index in [0.717, 1.165) is 18.7 Å². The maximum atomic E-state index is 12.5. The Morgan fingerprint density at radius 2 is 1.96 bits per heavy atom. The second kappa shape index (κ2) is 8.37. The quantitative estimate of drug-likeness (QED) is 0.631. The van der Waals surface area contributed by atoms with Gasteiger partial charge in [0.05, 0.1) is 13.2 Å². The summed E-state index contributed by atoms with van der Waals surface area (Å²) in [5.41, 5.74) is 3.52. The van der Waals surface area contributed by atoms with E-state index in [9.17, 15) is 4.79 Å². The lowest BCUT2D eigenvalue weighted by molar-refractivity contribution is -0.122. The third-order valence-corrected chi connectivity index (χ3v) is 5.13. The number of hydrogen-bond donors (Lipinski definition) is 3. The summed E-state index contributed by atoms with van der Waals surface area (Å²) in [6, 6.07) is 18.7. The predicted molar refractivity (Wildman–Crippen MR) is 107 cm³/mol. The van der Waals surface area contributed by atoms with Crippen LogP contribution in [-0.2, 0) is 9.53 Å². The van der Waals surface area contributed by atoms with Gasteiger partial charge in [-0.15, -0.1) is 0 Å². The van der Waals surface area contributed by atoms with E-state index in [-0.39, 0.29) is 17.9 Å². The molecule has 0 bridgehead atoms. The van der Waals surface area contributed by atoms with E-state index >= 15 is 0 Å². The van der Waals surface area contributed by atoms with E-state index in [1.165, 1.54) is 16.5 Å². The SMILES string of the molecule is O=C(CC1COCCN1)NCC(c1ccccc1)c1c[nH]c2ccccc12. The maximum absolute atomic E-state index is 12.5. The van der Waals surface area contributed by atoms with Crippen molar-refractivity contribution in [2.45, 2.75) is 18.4 Å². The van der Waals surface area contributed by atoms with E-state index in [1.807, 2.05) is 24.3 Å². The van der Waals surface area contributed by atoms with Crippen molar-refractivity contribution < 1.29 is 9.53 Å². The monoisotopic (exact) mass is 363 g/mol. The molecule has 0 aliphatic carbocycles. The van der Waals surface area contributed by atoms with Crippen LogP contribution in [0.3, 0.4) is 0 Å². The number of nitrogens with one attached hydrogen (secondary N) is 3. The first-order chi connectivity index (χ1) is 13.3. The zero-order valence-corrected chi connectivity index (χ0v) is 15.3. The smallest absolute Gasteiger partial charge is 0.221 e. The molecule has 2 unspecified atom stereocenters. The molecule has 5 nitrogen and oxygen atoms in total. The van der Waals surface area contributed by atoms with E-state index < -0.39 is 0 Å². The highest BCUT2D eigenvalue weighted by Crippen LogP contribution is 2.30. The fourth-order valence-corrected chi connectivity index (χ4v) is 3.74. The molecular weight excluding hydrogens is 338 g/mol. The lowest BCUT2D eigenvalue weighted by Crippen LogP contribution is -2.44. The Balaban J connectivity index is 1.51. The van der Waals surface area contributed by atoms with Gasteiger partial charge in [0.15, 0.2) is 0 Å². The van der Waals surface area contributed by atoms with Gasteiger partial charge in [-0.1, -0.05) is 48.5 Å². The number of aromatic amines is 1. The summed E-state index contributed by atoms with van der Waals surface area (Å²) < 4.78 is 5.44. The summed E-state index contributed by atoms with van der Waals surface area (Å²) >= 11 is 0. The van der Waals surface area contributed by atoms with Crippen LogP contribution >= 0.6 is 0 Å². The van der Waals surface area contributed by atoms with Crippen LogP contribution in [0.25, 0.3) is 10.9 Å². The molecule has 1 aromatic heterocycles. The van der Waals surface area contributed by atoms with Gasteiger partial charge >= 0.3 is 0 Å². The normalized spacial score (nSPS) is 18.3. The fraction of sp³-hybridized carbons (Fsp3) is 0.318. The van der Waals surface area contributed by atoms with Crippen LogP contribution in [0, 0.1) is 0 Å². The second-order valence-electron chi connectivity index (χ2n) is 6.99. The molecule has 3 N–H and O–H groups in total. The van der Waals surface area contributed by atoms with E-state index in [1.54, 1.807) is 0 Å². The molecule has 2 aromatic carbocycles. The van der Waals surface area contributed by atoms with Gasteiger partial charge < -0.3 is 20.4 Å². The standard InChI is InChI=1S/C22H25N3O2/c26-22(12-17-15-27-11-10-23-17)25-13-19(16-6-2-1-3-7-16)20-14-24-21-9-5-4-8-18(20)21/h1-9,14,17,19,23-24H,10-13,15H2,(H,25,26). The van der Waals surface area contributed by atoms with E-state index in [0.29, 0.717) is 19.6 Å². The predicted octanol–water partition coefficient (Wildman–Crippen LogP) is 2.79. The molecule has 0 spiro atoms. The van der Waals surface area contributed by atoms with Crippen LogP contribution < -0.4 is 10.6 Å². The first kappa shape index (κ1) is 17.8. The molecule has 1 fully saturated rings. The van der Waals surface area contributed by atoms with Crippen LogP contribution in [-0.4, -0.2) is 43.2 Å². The Kier molecular flexibility index (Phi) is 5.51. The molecule has 2 heterocycles. The summed E-state index contributed by atoms with van der Waals surface area (Å²) in [5.74, 6) is 0.153. The van der Waals surface area contributed by atoms with Crippen molar-refractivity contribution in [2.75, 3.05) is 26.3 Å². The number of rotatable bonds is 6. The lowest BCUT2D eigenvalue weighted by atomic mass is 9.91. The number of ether oxygens (including phenoxy) is 1. The number of aromatic nitrogens is 1. The number of H-pyrrole nitrogens is 1. The largest absolute Gasteiger partial charge is 0.378 e. The minimum absolute atomic E-state index is 0.0544. The molecule has 2 atom stereocenters. The fourth-order valence-electron chi connectivity index (χ4n) is 3.74. The van der Waals surface area contributed by atoms with Crippen LogP contribution in [0.5, 0.6) is 0 Å². The van der Waals surface area contributed by atoms with Gasteiger partial charge in [-0.2, -0.15) is 0 Å². The minimum Gasteiger partial charge on any atom is -0.378 e. The highest BCUT2D eigenvalue weighted by atomic mass is 16.5. The average molecular weight is 363 g/mol. The van der Waals surface area contributed by atoms with Gasteiger partial charge in [-0.05, 0) is 17.2 Å². The zero-order valence-electron chi connectivity index (χ0n) is 15.3. The molecule has 27 heavy (non-hydrogen) atoms. The third kappa shape index (κ3) is 4.21. The van der Waals surface area contributed by atoms with Gasteiger partial charge in [0.2, 0.25) is 5.91 Å². The number of hydrogen-bond acceptors (Lipinski definition) is 3. The van der Waals surface area contributed by atoms with E-state index in [2.05, 4.69) is 52.1 Å². The first-order valence-corrected chi connectivity index (χ1v) is 9.50. The molecule has 1 aliphatic heterocycles. The van der Waals surface area contributed by atoms with Gasteiger partial charge in [0, 0.05) is 48.6 Å².